The molecule has 1 atom stereocenters. The van der Waals surface area contributed by atoms with Gasteiger partial charge in [0.2, 0.25) is 11.8 Å². The number of hydrogen-bond donors (Lipinski definition) is 2. The van der Waals surface area contributed by atoms with E-state index in [4.69, 9.17) is 4.74 Å². The third-order valence-corrected chi connectivity index (χ3v) is 5.11. The van der Waals surface area contributed by atoms with Crippen molar-refractivity contribution in [3.8, 4) is 0 Å². The smallest absolute Gasteiger partial charge is 0.239 e. The summed E-state index contributed by atoms with van der Waals surface area (Å²) in [5.41, 5.74) is 0.816. The molecule has 0 unspecified atom stereocenters. The van der Waals surface area contributed by atoms with Gasteiger partial charge in [0.1, 0.15) is 6.04 Å². The minimum atomic E-state index is -0.233. The number of aromatic nitrogens is 1. The summed E-state index contributed by atoms with van der Waals surface area (Å²) in [5.74, 6) is -0.127. The molecule has 7 heteroatoms. The van der Waals surface area contributed by atoms with Gasteiger partial charge in [-0.15, -0.1) is 0 Å². The quantitative estimate of drug-likeness (QED) is 0.753. The molecular formula is C19H28N4O3. The number of hydrogen-bond acceptors (Lipinski definition) is 5. The molecule has 2 N–H and O–H groups in total. The van der Waals surface area contributed by atoms with Crippen LogP contribution in [0.15, 0.2) is 24.4 Å². The van der Waals surface area contributed by atoms with Crippen LogP contribution in [-0.2, 0) is 20.9 Å². The summed E-state index contributed by atoms with van der Waals surface area (Å²) in [7, 11) is 0. The molecule has 0 aromatic carbocycles. The Labute approximate surface area is 154 Å². The third kappa shape index (κ3) is 5.25. The largest absolute Gasteiger partial charge is 0.378 e. The van der Waals surface area contributed by atoms with Gasteiger partial charge in [-0.25, -0.2) is 0 Å². The molecule has 2 amide bonds. The van der Waals surface area contributed by atoms with Crippen molar-refractivity contribution >= 4 is 11.8 Å². The van der Waals surface area contributed by atoms with Gasteiger partial charge in [0.15, 0.2) is 0 Å². The van der Waals surface area contributed by atoms with E-state index < -0.39 is 0 Å². The number of ether oxygens (including phenoxy) is 1. The summed E-state index contributed by atoms with van der Waals surface area (Å²) in [4.78, 5) is 30.9. The van der Waals surface area contributed by atoms with Crippen LogP contribution in [0.5, 0.6) is 0 Å². The Balaban J connectivity index is 1.39. The summed E-state index contributed by atoms with van der Waals surface area (Å²) in [6, 6.07) is 5.85. The fourth-order valence-corrected chi connectivity index (χ4v) is 3.71. The van der Waals surface area contributed by atoms with Crippen LogP contribution in [0, 0.1) is 0 Å². The standard InChI is InChI=1S/C19H28N4O3/c24-18(22-13-15-5-3-4-9-20-15)8-10-21-19(25)17-14-26-12-11-23(17)16-6-1-2-7-16/h3-5,9,16-17H,1-2,6-8,10-14H2,(H,21,25)(H,22,24)/t17-/m0/s1. The normalized spacial score (nSPS) is 21.5. The number of carbonyl (C=O) groups excluding carboxylic acids is 2. The predicted octanol–water partition coefficient (Wildman–Crippen LogP) is 0.848. The van der Waals surface area contributed by atoms with Crippen molar-refractivity contribution in [3.63, 3.8) is 0 Å². The van der Waals surface area contributed by atoms with E-state index >= 15 is 0 Å². The van der Waals surface area contributed by atoms with E-state index in [0.717, 1.165) is 12.2 Å². The van der Waals surface area contributed by atoms with Crippen molar-refractivity contribution in [2.24, 2.45) is 0 Å². The molecule has 26 heavy (non-hydrogen) atoms. The predicted molar refractivity (Wildman–Crippen MR) is 97.3 cm³/mol. The molecule has 3 rings (SSSR count). The fourth-order valence-electron chi connectivity index (χ4n) is 3.71. The van der Waals surface area contributed by atoms with Gasteiger partial charge in [-0.05, 0) is 25.0 Å². The second kappa shape index (κ2) is 9.64. The van der Waals surface area contributed by atoms with E-state index in [2.05, 4.69) is 20.5 Å². The lowest BCUT2D eigenvalue weighted by Crippen LogP contribution is -2.56. The summed E-state index contributed by atoms with van der Waals surface area (Å²) < 4.78 is 5.52. The van der Waals surface area contributed by atoms with Gasteiger partial charge in [0.05, 0.1) is 25.5 Å². The van der Waals surface area contributed by atoms with Crippen LogP contribution in [0.25, 0.3) is 0 Å². The van der Waals surface area contributed by atoms with Crippen LogP contribution in [0.2, 0.25) is 0 Å². The molecule has 1 aliphatic heterocycles. The number of amides is 2. The van der Waals surface area contributed by atoms with Crippen LogP contribution in [0.4, 0.5) is 0 Å². The first-order valence-electron chi connectivity index (χ1n) is 9.52. The third-order valence-electron chi connectivity index (χ3n) is 5.11. The zero-order valence-electron chi connectivity index (χ0n) is 15.2. The first-order chi connectivity index (χ1) is 12.7. The van der Waals surface area contributed by atoms with E-state index in [1.165, 1.54) is 25.7 Å². The Hall–Kier alpha value is -1.99. The Bertz CT molecular complexity index is 590. The van der Waals surface area contributed by atoms with Gasteiger partial charge in [0, 0.05) is 31.7 Å². The SMILES string of the molecule is O=C(CCNC(=O)[C@@H]1COCCN1C1CCCC1)NCc1ccccn1. The maximum atomic E-state index is 12.6. The van der Waals surface area contributed by atoms with Crippen LogP contribution in [0.3, 0.4) is 0 Å². The Morgan fingerprint density at radius 1 is 1.23 bits per heavy atom. The summed E-state index contributed by atoms with van der Waals surface area (Å²) in [6.45, 7) is 2.68. The zero-order chi connectivity index (χ0) is 18.2. The van der Waals surface area contributed by atoms with Crippen molar-refractivity contribution in [2.45, 2.75) is 50.7 Å². The number of rotatable bonds is 7. The second-order valence-corrected chi connectivity index (χ2v) is 6.91. The lowest BCUT2D eigenvalue weighted by atomic mass is 10.1. The first kappa shape index (κ1) is 18.8. The molecule has 1 saturated heterocycles. The number of nitrogens with one attached hydrogen (secondary N) is 2. The van der Waals surface area contributed by atoms with Crippen LogP contribution >= 0.6 is 0 Å². The van der Waals surface area contributed by atoms with Gasteiger partial charge in [-0.3, -0.25) is 19.5 Å². The Morgan fingerprint density at radius 3 is 2.85 bits per heavy atom. The zero-order valence-corrected chi connectivity index (χ0v) is 15.2. The average Bonchev–Trinajstić information content (AvgIpc) is 3.22. The van der Waals surface area contributed by atoms with Gasteiger partial charge >= 0.3 is 0 Å². The van der Waals surface area contributed by atoms with Crippen LogP contribution in [0.1, 0.15) is 37.8 Å². The minimum absolute atomic E-state index is 0.0332. The van der Waals surface area contributed by atoms with E-state index in [1.807, 2.05) is 18.2 Å². The summed E-state index contributed by atoms with van der Waals surface area (Å²) in [5, 5.41) is 5.72. The monoisotopic (exact) mass is 360 g/mol. The van der Waals surface area contributed by atoms with E-state index in [-0.39, 0.29) is 24.3 Å². The molecule has 142 valence electrons. The molecular weight excluding hydrogens is 332 g/mol. The molecule has 2 fully saturated rings. The van der Waals surface area contributed by atoms with Crippen molar-refractivity contribution in [3.05, 3.63) is 30.1 Å². The fraction of sp³-hybridized carbons (Fsp3) is 0.632. The van der Waals surface area contributed by atoms with Gasteiger partial charge in [-0.2, -0.15) is 0 Å². The molecule has 1 aromatic heterocycles. The Morgan fingerprint density at radius 2 is 2.08 bits per heavy atom. The number of carbonyl (C=O) groups is 2. The van der Waals surface area contributed by atoms with E-state index in [9.17, 15) is 9.59 Å². The van der Waals surface area contributed by atoms with Crippen molar-refractivity contribution < 1.29 is 14.3 Å². The maximum absolute atomic E-state index is 12.6. The highest BCUT2D eigenvalue weighted by Gasteiger charge is 2.35. The van der Waals surface area contributed by atoms with Gasteiger partial charge < -0.3 is 15.4 Å². The molecule has 0 radical (unpaired) electrons. The average molecular weight is 360 g/mol. The van der Waals surface area contributed by atoms with Crippen LogP contribution in [-0.4, -0.2) is 60.1 Å². The highest BCUT2D eigenvalue weighted by atomic mass is 16.5. The molecule has 1 saturated carbocycles. The molecule has 1 aliphatic carbocycles. The summed E-state index contributed by atoms with van der Waals surface area (Å²) in [6.07, 6.45) is 6.78. The molecule has 1 aromatic rings. The lowest BCUT2D eigenvalue weighted by Gasteiger charge is -2.38. The van der Waals surface area contributed by atoms with Crippen molar-refractivity contribution in [2.75, 3.05) is 26.3 Å². The number of pyridine rings is 1. The van der Waals surface area contributed by atoms with E-state index in [1.54, 1.807) is 6.20 Å². The number of morpholine rings is 1. The maximum Gasteiger partial charge on any atom is 0.239 e. The second-order valence-electron chi connectivity index (χ2n) is 6.91. The molecule has 2 heterocycles. The molecule has 2 aliphatic rings. The van der Waals surface area contributed by atoms with Crippen molar-refractivity contribution in [1.29, 1.82) is 0 Å². The molecule has 7 nitrogen and oxygen atoms in total. The first-order valence-corrected chi connectivity index (χ1v) is 9.52. The lowest BCUT2D eigenvalue weighted by molar-refractivity contribution is -0.134. The highest BCUT2D eigenvalue weighted by Crippen LogP contribution is 2.26. The minimum Gasteiger partial charge on any atom is -0.378 e. The number of nitrogens with zero attached hydrogens (tertiary/aromatic N) is 2. The summed E-state index contributed by atoms with van der Waals surface area (Å²) >= 11 is 0. The highest BCUT2D eigenvalue weighted by molar-refractivity contribution is 5.83. The molecule has 0 bridgehead atoms. The Kier molecular flexibility index (Phi) is 6.96. The topological polar surface area (TPSA) is 83.6 Å². The van der Waals surface area contributed by atoms with Crippen LogP contribution < -0.4 is 10.6 Å². The molecule has 0 spiro atoms. The van der Waals surface area contributed by atoms with E-state index in [0.29, 0.717) is 32.3 Å². The van der Waals surface area contributed by atoms with Gasteiger partial charge in [0.25, 0.3) is 0 Å². The van der Waals surface area contributed by atoms with Crippen molar-refractivity contribution in [1.82, 2.24) is 20.5 Å². The van der Waals surface area contributed by atoms with Gasteiger partial charge in [-0.1, -0.05) is 18.9 Å².